The standard InChI is InChI=1S/C19H26N4O3/c1-3-16-17(22-26-18(16)20)14-7-9-23(10-8-14)19(24)21-12-13-5-4-6-15(11-13)25-2/h4-6,11,14H,3,7-10,12,20H2,1-2H3,(H,21,24). The molecule has 140 valence electrons. The van der Waals surface area contributed by atoms with E-state index in [4.69, 9.17) is 15.0 Å². The van der Waals surface area contributed by atoms with Crippen LogP contribution in [0.5, 0.6) is 5.75 Å². The molecule has 3 rings (SSSR count). The van der Waals surface area contributed by atoms with Crippen LogP contribution in [0, 0.1) is 0 Å². The minimum absolute atomic E-state index is 0.0401. The Morgan fingerprint density at radius 2 is 2.19 bits per heavy atom. The van der Waals surface area contributed by atoms with E-state index in [-0.39, 0.29) is 6.03 Å². The highest BCUT2D eigenvalue weighted by Crippen LogP contribution is 2.32. The van der Waals surface area contributed by atoms with Crippen molar-refractivity contribution in [3.63, 3.8) is 0 Å². The van der Waals surface area contributed by atoms with Gasteiger partial charge in [0.2, 0.25) is 5.88 Å². The molecule has 0 radical (unpaired) electrons. The van der Waals surface area contributed by atoms with Gasteiger partial charge in [0, 0.05) is 31.1 Å². The molecule has 0 bridgehead atoms. The molecule has 0 unspecified atom stereocenters. The Hall–Kier alpha value is -2.70. The number of hydrogen-bond acceptors (Lipinski definition) is 5. The Morgan fingerprint density at radius 3 is 2.88 bits per heavy atom. The number of piperidine rings is 1. The summed E-state index contributed by atoms with van der Waals surface area (Å²) in [6, 6.07) is 7.66. The molecule has 7 heteroatoms. The van der Waals surface area contributed by atoms with E-state index in [2.05, 4.69) is 10.5 Å². The first-order valence-electron chi connectivity index (χ1n) is 9.02. The zero-order valence-electron chi connectivity index (χ0n) is 15.3. The summed E-state index contributed by atoms with van der Waals surface area (Å²) < 4.78 is 10.4. The number of nitrogens with one attached hydrogen (secondary N) is 1. The van der Waals surface area contributed by atoms with E-state index < -0.39 is 0 Å². The first-order chi connectivity index (χ1) is 12.6. The zero-order chi connectivity index (χ0) is 18.5. The Bertz CT molecular complexity index is 751. The summed E-state index contributed by atoms with van der Waals surface area (Å²) in [5.74, 6) is 1.51. The predicted molar refractivity (Wildman–Crippen MR) is 99.1 cm³/mol. The molecule has 0 saturated carbocycles. The molecule has 1 fully saturated rings. The fraction of sp³-hybridized carbons (Fsp3) is 0.474. The monoisotopic (exact) mass is 358 g/mol. The third kappa shape index (κ3) is 3.92. The van der Waals surface area contributed by atoms with Gasteiger partial charge in [0.1, 0.15) is 5.75 Å². The van der Waals surface area contributed by atoms with Crippen molar-refractivity contribution in [2.75, 3.05) is 25.9 Å². The number of amides is 2. The Balaban J connectivity index is 1.51. The Morgan fingerprint density at radius 1 is 1.42 bits per heavy atom. The fourth-order valence-corrected chi connectivity index (χ4v) is 3.44. The summed E-state index contributed by atoms with van der Waals surface area (Å²) in [6.45, 7) is 3.93. The van der Waals surface area contributed by atoms with Crippen molar-refractivity contribution in [1.82, 2.24) is 15.4 Å². The zero-order valence-corrected chi connectivity index (χ0v) is 15.3. The SMILES string of the molecule is CCc1c(C2CCN(C(=O)NCc3cccc(OC)c3)CC2)noc1N. The number of carbonyl (C=O) groups is 1. The third-order valence-electron chi connectivity index (χ3n) is 4.95. The average Bonchev–Trinajstić information content (AvgIpc) is 3.06. The van der Waals surface area contributed by atoms with E-state index in [1.807, 2.05) is 36.1 Å². The molecule has 2 heterocycles. The number of nitrogen functional groups attached to an aromatic ring is 1. The number of nitrogens with two attached hydrogens (primary N) is 1. The summed E-state index contributed by atoms with van der Waals surface area (Å²) in [5, 5.41) is 7.12. The van der Waals surface area contributed by atoms with Gasteiger partial charge in [-0.15, -0.1) is 0 Å². The van der Waals surface area contributed by atoms with Gasteiger partial charge >= 0.3 is 6.03 Å². The molecule has 2 aromatic rings. The van der Waals surface area contributed by atoms with Crippen molar-refractivity contribution < 1.29 is 14.1 Å². The van der Waals surface area contributed by atoms with Crippen molar-refractivity contribution in [2.45, 2.75) is 38.6 Å². The minimum atomic E-state index is -0.0401. The van der Waals surface area contributed by atoms with Gasteiger partial charge in [0.25, 0.3) is 0 Å². The van der Waals surface area contributed by atoms with Crippen LogP contribution in [-0.4, -0.2) is 36.3 Å². The second-order valence-corrected chi connectivity index (χ2v) is 6.54. The number of likely N-dealkylation sites (tertiary alicyclic amines) is 1. The van der Waals surface area contributed by atoms with Gasteiger partial charge in [-0.3, -0.25) is 0 Å². The number of hydrogen-bond donors (Lipinski definition) is 2. The molecule has 1 aliphatic rings. The number of nitrogens with zero attached hydrogens (tertiary/aromatic N) is 2. The van der Waals surface area contributed by atoms with Gasteiger partial charge in [0.15, 0.2) is 0 Å². The number of carbonyl (C=O) groups excluding carboxylic acids is 1. The molecular weight excluding hydrogens is 332 g/mol. The van der Waals surface area contributed by atoms with E-state index in [0.717, 1.165) is 41.8 Å². The van der Waals surface area contributed by atoms with Crippen molar-refractivity contribution in [3.8, 4) is 5.75 Å². The van der Waals surface area contributed by atoms with Crippen LogP contribution in [0.15, 0.2) is 28.8 Å². The second-order valence-electron chi connectivity index (χ2n) is 6.54. The molecule has 1 saturated heterocycles. The largest absolute Gasteiger partial charge is 0.497 e. The van der Waals surface area contributed by atoms with Gasteiger partial charge in [0.05, 0.1) is 12.8 Å². The average molecular weight is 358 g/mol. The smallest absolute Gasteiger partial charge is 0.317 e. The topological polar surface area (TPSA) is 93.6 Å². The molecule has 3 N–H and O–H groups in total. The number of benzene rings is 1. The van der Waals surface area contributed by atoms with Crippen LogP contribution in [0.2, 0.25) is 0 Å². The molecule has 1 aliphatic heterocycles. The second kappa shape index (κ2) is 8.12. The molecule has 26 heavy (non-hydrogen) atoms. The van der Waals surface area contributed by atoms with Gasteiger partial charge in [-0.1, -0.05) is 24.2 Å². The molecular formula is C19H26N4O3. The Labute approximate surface area is 153 Å². The minimum Gasteiger partial charge on any atom is -0.497 e. The summed E-state index contributed by atoms with van der Waals surface area (Å²) in [7, 11) is 1.63. The van der Waals surface area contributed by atoms with E-state index in [0.29, 0.717) is 31.4 Å². The lowest BCUT2D eigenvalue weighted by Gasteiger charge is -2.31. The number of ether oxygens (including phenoxy) is 1. The molecule has 0 aliphatic carbocycles. The van der Waals surface area contributed by atoms with E-state index in [1.165, 1.54) is 0 Å². The van der Waals surface area contributed by atoms with Crippen molar-refractivity contribution in [1.29, 1.82) is 0 Å². The van der Waals surface area contributed by atoms with Gasteiger partial charge in [-0.05, 0) is 37.0 Å². The summed E-state index contributed by atoms with van der Waals surface area (Å²) in [4.78, 5) is 14.3. The summed E-state index contributed by atoms with van der Waals surface area (Å²) in [6.07, 6.45) is 2.54. The highest BCUT2D eigenvalue weighted by molar-refractivity contribution is 5.74. The maximum Gasteiger partial charge on any atom is 0.317 e. The van der Waals surface area contributed by atoms with Crippen LogP contribution >= 0.6 is 0 Å². The molecule has 0 spiro atoms. The van der Waals surface area contributed by atoms with Gasteiger partial charge in [-0.2, -0.15) is 0 Å². The lowest BCUT2D eigenvalue weighted by Crippen LogP contribution is -2.43. The van der Waals surface area contributed by atoms with E-state index in [9.17, 15) is 4.79 Å². The van der Waals surface area contributed by atoms with Crippen LogP contribution in [0.25, 0.3) is 0 Å². The summed E-state index contributed by atoms with van der Waals surface area (Å²) in [5.41, 5.74) is 8.81. The fourth-order valence-electron chi connectivity index (χ4n) is 3.44. The van der Waals surface area contributed by atoms with Gasteiger partial charge in [-0.25, -0.2) is 4.79 Å². The maximum absolute atomic E-state index is 12.4. The lowest BCUT2D eigenvalue weighted by atomic mass is 9.90. The maximum atomic E-state index is 12.4. The van der Waals surface area contributed by atoms with Crippen LogP contribution < -0.4 is 15.8 Å². The first-order valence-corrected chi connectivity index (χ1v) is 9.02. The lowest BCUT2D eigenvalue weighted by molar-refractivity contribution is 0.180. The predicted octanol–water partition coefficient (Wildman–Crippen LogP) is 2.92. The van der Waals surface area contributed by atoms with Crippen LogP contribution in [0.4, 0.5) is 10.7 Å². The first kappa shape index (κ1) is 18.1. The normalized spacial score (nSPS) is 15.1. The van der Waals surface area contributed by atoms with E-state index in [1.54, 1.807) is 7.11 Å². The molecule has 7 nitrogen and oxygen atoms in total. The van der Waals surface area contributed by atoms with Crippen LogP contribution in [0.1, 0.15) is 42.5 Å². The summed E-state index contributed by atoms with van der Waals surface area (Å²) >= 11 is 0. The molecule has 1 aromatic carbocycles. The van der Waals surface area contributed by atoms with Crippen LogP contribution in [-0.2, 0) is 13.0 Å². The number of rotatable bonds is 5. The number of urea groups is 1. The molecule has 2 amide bonds. The molecule has 1 aromatic heterocycles. The van der Waals surface area contributed by atoms with Crippen LogP contribution in [0.3, 0.4) is 0 Å². The Kier molecular flexibility index (Phi) is 5.65. The quantitative estimate of drug-likeness (QED) is 0.857. The number of methoxy groups -OCH3 is 1. The molecule has 0 atom stereocenters. The number of aromatic nitrogens is 1. The van der Waals surface area contributed by atoms with Crippen molar-refractivity contribution in [2.24, 2.45) is 0 Å². The number of anilines is 1. The highest BCUT2D eigenvalue weighted by atomic mass is 16.5. The van der Waals surface area contributed by atoms with Crippen molar-refractivity contribution in [3.05, 3.63) is 41.1 Å². The highest BCUT2D eigenvalue weighted by Gasteiger charge is 2.28. The van der Waals surface area contributed by atoms with E-state index >= 15 is 0 Å². The van der Waals surface area contributed by atoms with Gasteiger partial charge < -0.3 is 25.2 Å². The van der Waals surface area contributed by atoms with Crippen molar-refractivity contribution >= 4 is 11.9 Å². The third-order valence-corrected chi connectivity index (χ3v) is 4.95.